The van der Waals surface area contributed by atoms with Gasteiger partial charge in [0, 0.05) is 10.9 Å². The summed E-state index contributed by atoms with van der Waals surface area (Å²) in [5.74, 6) is -1.41. The molecule has 0 aliphatic rings. The number of benzene rings is 3. The molecule has 0 fully saturated rings. The molecule has 1 atom stereocenters. The summed E-state index contributed by atoms with van der Waals surface area (Å²) < 4.78 is 39.2. The molecule has 0 saturated carbocycles. The number of nitrogens with zero attached hydrogens (tertiary/aromatic N) is 2. The molecule has 3 N–H and O–H groups in total. The molecular weight excluding hydrogens is 487 g/mol. The Morgan fingerprint density at radius 2 is 1.57 bits per heavy atom. The van der Waals surface area contributed by atoms with Gasteiger partial charge in [-0.1, -0.05) is 48.5 Å². The molecule has 1 unspecified atom stereocenters. The van der Waals surface area contributed by atoms with E-state index in [0.717, 1.165) is 12.1 Å². The Labute approximate surface area is 208 Å². The topological polar surface area (TPSA) is 116 Å². The van der Waals surface area contributed by atoms with Gasteiger partial charge < -0.3 is 5.32 Å². The van der Waals surface area contributed by atoms with Gasteiger partial charge in [-0.15, -0.1) is 0 Å². The molecule has 11 heteroatoms. The van der Waals surface area contributed by atoms with Crippen molar-refractivity contribution in [3.63, 3.8) is 0 Å². The van der Waals surface area contributed by atoms with E-state index < -0.39 is 35.2 Å². The third-order valence-corrected chi connectivity index (χ3v) is 5.51. The average Bonchev–Trinajstić information content (AvgIpc) is 2.91. The lowest BCUT2D eigenvalue weighted by atomic mass is 10.0. The summed E-state index contributed by atoms with van der Waals surface area (Å²) in [7, 11) is 0. The van der Waals surface area contributed by atoms with E-state index >= 15 is 0 Å². The van der Waals surface area contributed by atoms with E-state index in [9.17, 15) is 27.6 Å². The van der Waals surface area contributed by atoms with Crippen LogP contribution < -0.4 is 16.3 Å². The number of hydrazone groups is 1. The number of hydrogen-bond acceptors (Lipinski definition) is 5. The second-order valence-corrected chi connectivity index (χ2v) is 8.01. The average molecular weight is 507 g/mol. The largest absolute Gasteiger partial charge is 0.416 e. The molecule has 4 aromatic rings. The van der Waals surface area contributed by atoms with Crippen LogP contribution in [0.5, 0.6) is 0 Å². The van der Waals surface area contributed by atoms with E-state index in [-0.39, 0.29) is 27.9 Å². The number of aromatic nitrogens is 2. The first-order chi connectivity index (χ1) is 17.6. The first-order valence-electron chi connectivity index (χ1n) is 11.0. The summed E-state index contributed by atoms with van der Waals surface area (Å²) in [6.07, 6.45) is -4.54. The Balaban J connectivity index is 1.68. The summed E-state index contributed by atoms with van der Waals surface area (Å²) in [6.45, 7) is 1.43. The van der Waals surface area contributed by atoms with E-state index in [1.54, 1.807) is 54.6 Å². The van der Waals surface area contributed by atoms with Crippen molar-refractivity contribution >= 4 is 28.3 Å². The zero-order valence-electron chi connectivity index (χ0n) is 19.3. The third kappa shape index (κ3) is 5.72. The fourth-order valence-electron chi connectivity index (χ4n) is 3.61. The molecule has 2 amide bonds. The fraction of sp³-hybridized carbons (Fsp3) is 0.115. The van der Waals surface area contributed by atoms with Crippen LogP contribution in [0.25, 0.3) is 10.8 Å². The monoisotopic (exact) mass is 507 g/mol. The Kier molecular flexibility index (Phi) is 7.14. The van der Waals surface area contributed by atoms with E-state index in [1.807, 2.05) is 0 Å². The normalized spacial score (nSPS) is 12.7. The third-order valence-electron chi connectivity index (χ3n) is 5.51. The highest BCUT2D eigenvalue weighted by molar-refractivity contribution is 6.01. The molecule has 4 rings (SSSR count). The highest BCUT2D eigenvalue weighted by atomic mass is 19.4. The quantitative estimate of drug-likeness (QED) is 0.271. The minimum absolute atomic E-state index is 0.0592. The first kappa shape index (κ1) is 25.3. The molecule has 1 aromatic heterocycles. The number of carbonyl (C=O) groups is 2. The summed E-state index contributed by atoms with van der Waals surface area (Å²) in [5, 5.41) is 13.5. The number of carbonyl (C=O) groups excluding carboxylic acids is 2. The van der Waals surface area contributed by atoms with Crippen LogP contribution >= 0.6 is 0 Å². The molecule has 0 aliphatic heterocycles. The summed E-state index contributed by atoms with van der Waals surface area (Å²) in [5.41, 5.74) is 1.54. The standard InChI is InChI=1S/C26H20F3N5O3/c1-15(17-10-7-11-18(14-17)26(27,28)29)31-34-25(37)22(30-23(35)16-8-3-2-4-9-16)21-19-12-5-6-13-20(19)24(36)33-32-21/h2-14,22H,1H3,(H,30,35)(H,33,36)(H,34,37)/b31-15+. The number of halogens is 3. The number of hydrogen-bond donors (Lipinski definition) is 3. The van der Waals surface area contributed by atoms with Gasteiger partial charge in [-0.2, -0.15) is 23.4 Å². The van der Waals surface area contributed by atoms with E-state index in [2.05, 4.69) is 26.0 Å². The lowest BCUT2D eigenvalue weighted by Crippen LogP contribution is -2.40. The Morgan fingerprint density at radius 1 is 0.919 bits per heavy atom. The van der Waals surface area contributed by atoms with Crippen LogP contribution in [-0.4, -0.2) is 27.7 Å². The van der Waals surface area contributed by atoms with Gasteiger partial charge >= 0.3 is 6.18 Å². The zero-order chi connectivity index (χ0) is 26.6. The van der Waals surface area contributed by atoms with E-state index in [4.69, 9.17) is 0 Å². The van der Waals surface area contributed by atoms with Crippen molar-refractivity contribution in [3.05, 3.63) is 112 Å². The predicted molar refractivity (Wildman–Crippen MR) is 131 cm³/mol. The van der Waals surface area contributed by atoms with Crippen LogP contribution in [0.4, 0.5) is 13.2 Å². The van der Waals surface area contributed by atoms with Crippen molar-refractivity contribution in [1.29, 1.82) is 0 Å². The van der Waals surface area contributed by atoms with Gasteiger partial charge in [0.2, 0.25) is 0 Å². The Morgan fingerprint density at radius 3 is 2.27 bits per heavy atom. The van der Waals surface area contributed by atoms with Crippen LogP contribution in [0.15, 0.2) is 88.8 Å². The maximum absolute atomic E-state index is 13.3. The number of H-pyrrole nitrogens is 1. The number of aromatic amines is 1. The lowest BCUT2D eigenvalue weighted by molar-refractivity contribution is -0.137. The maximum Gasteiger partial charge on any atom is 0.416 e. The van der Waals surface area contributed by atoms with Gasteiger partial charge in [-0.3, -0.25) is 14.4 Å². The second-order valence-electron chi connectivity index (χ2n) is 8.01. The molecule has 8 nitrogen and oxygen atoms in total. The number of fused-ring (bicyclic) bond motifs is 1. The van der Waals surface area contributed by atoms with Crippen molar-refractivity contribution in [2.75, 3.05) is 0 Å². The van der Waals surface area contributed by atoms with Crippen molar-refractivity contribution in [1.82, 2.24) is 20.9 Å². The highest BCUT2D eigenvalue weighted by Gasteiger charge is 2.31. The number of rotatable bonds is 6. The molecule has 188 valence electrons. The van der Waals surface area contributed by atoms with Crippen molar-refractivity contribution in [2.45, 2.75) is 19.1 Å². The molecular formula is C26H20F3N5O3. The Hall–Kier alpha value is -4.80. The van der Waals surface area contributed by atoms with Gasteiger partial charge in [0.05, 0.1) is 16.7 Å². The lowest BCUT2D eigenvalue weighted by Gasteiger charge is -2.18. The predicted octanol–water partition coefficient (Wildman–Crippen LogP) is 3.95. The summed E-state index contributed by atoms with van der Waals surface area (Å²) in [6, 6.07) is 17.7. The fourth-order valence-corrected chi connectivity index (χ4v) is 3.61. The van der Waals surface area contributed by atoms with Crippen molar-refractivity contribution < 1.29 is 22.8 Å². The van der Waals surface area contributed by atoms with Gasteiger partial charge in [0.15, 0.2) is 6.04 Å². The molecule has 0 saturated heterocycles. The Bertz CT molecular complexity index is 1550. The summed E-state index contributed by atoms with van der Waals surface area (Å²) >= 11 is 0. The molecule has 37 heavy (non-hydrogen) atoms. The minimum Gasteiger partial charge on any atom is -0.335 e. The van der Waals surface area contributed by atoms with Gasteiger partial charge in [-0.05, 0) is 42.8 Å². The smallest absolute Gasteiger partial charge is 0.335 e. The van der Waals surface area contributed by atoms with E-state index in [1.165, 1.54) is 19.1 Å². The van der Waals surface area contributed by atoms with Crippen LogP contribution in [0, 0.1) is 0 Å². The molecule has 0 aliphatic carbocycles. The summed E-state index contributed by atoms with van der Waals surface area (Å²) in [4.78, 5) is 38.4. The van der Waals surface area contributed by atoms with Gasteiger partial charge in [0.1, 0.15) is 5.69 Å². The molecule has 0 spiro atoms. The second kappa shape index (κ2) is 10.4. The van der Waals surface area contributed by atoms with Crippen LogP contribution in [0.3, 0.4) is 0 Å². The van der Waals surface area contributed by atoms with Gasteiger partial charge in [0.25, 0.3) is 17.4 Å². The number of nitrogens with one attached hydrogen (secondary N) is 3. The first-order valence-corrected chi connectivity index (χ1v) is 11.0. The van der Waals surface area contributed by atoms with Crippen LogP contribution in [0.1, 0.15) is 40.1 Å². The highest BCUT2D eigenvalue weighted by Crippen LogP contribution is 2.29. The molecule has 0 bridgehead atoms. The van der Waals surface area contributed by atoms with Crippen molar-refractivity contribution in [2.24, 2.45) is 5.10 Å². The van der Waals surface area contributed by atoms with Crippen LogP contribution in [-0.2, 0) is 11.0 Å². The SMILES string of the molecule is C/C(=N\NC(=O)C(NC(=O)c1ccccc1)c1n[nH]c(=O)c2ccccc12)c1cccc(C(F)(F)F)c1. The maximum atomic E-state index is 13.3. The number of amides is 2. The molecule has 3 aromatic carbocycles. The molecule has 1 heterocycles. The van der Waals surface area contributed by atoms with E-state index in [0.29, 0.717) is 5.39 Å². The number of alkyl halides is 3. The minimum atomic E-state index is -4.54. The van der Waals surface area contributed by atoms with Gasteiger partial charge in [-0.25, -0.2) is 10.5 Å². The van der Waals surface area contributed by atoms with Crippen molar-refractivity contribution in [3.8, 4) is 0 Å². The zero-order valence-corrected chi connectivity index (χ0v) is 19.3. The molecule has 0 radical (unpaired) electrons. The van der Waals surface area contributed by atoms with Crippen LogP contribution in [0.2, 0.25) is 0 Å².